The minimum atomic E-state index is -3.58. The van der Waals surface area contributed by atoms with Crippen molar-refractivity contribution >= 4 is 9.84 Å². The van der Waals surface area contributed by atoms with E-state index in [9.17, 15) is 8.42 Å². The standard InChI is InChI=1S/C16H18N2O4S/c17-5-7-21-11-1-3-13-14-4-2-12(22-8-6-18)10-16(14)23(19,20)15(13)9-11/h1-4,9-10H,5-8,17-18H2. The number of rotatable bonds is 6. The minimum absolute atomic E-state index is 0.248. The van der Waals surface area contributed by atoms with Gasteiger partial charge in [0, 0.05) is 24.2 Å². The van der Waals surface area contributed by atoms with Crippen molar-refractivity contribution in [1.29, 1.82) is 0 Å². The Hall–Kier alpha value is -2.09. The predicted octanol–water partition coefficient (Wildman–Crippen LogP) is 1.17. The van der Waals surface area contributed by atoms with Crippen LogP contribution in [0.15, 0.2) is 46.2 Å². The summed E-state index contributed by atoms with van der Waals surface area (Å²) in [7, 11) is -3.58. The number of hydrogen-bond donors (Lipinski definition) is 2. The molecule has 0 bridgehead atoms. The van der Waals surface area contributed by atoms with Gasteiger partial charge in [0.1, 0.15) is 24.7 Å². The van der Waals surface area contributed by atoms with E-state index in [1.54, 1.807) is 36.4 Å². The average Bonchev–Trinajstić information content (AvgIpc) is 2.78. The second-order valence-corrected chi connectivity index (χ2v) is 6.98. The van der Waals surface area contributed by atoms with Gasteiger partial charge in [-0.05, 0) is 36.4 Å². The molecule has 1 aliphatic heterocycles. The van der Waals surface area contributed by atoms with Crippen LogP contribution < -0.4 is 20.9 Å². The molecule has 1 aliphatic rings. The molecule has 0 fully saturated rings. The van der Waals surface area contributed by atoms with Crippen LogP contribution in [0.25, 0.3) is 11.1 Å². The van der Waals surface area contributed by atoms with Crippen molar-refractivity contribution in [2.75, 3.05) is 26.3 Å². The molecule has 122 valence electrons. The highest BCUT2D eigenvalue weighted by Gasteiger charge is 2.33. The van der Waals surface area contributed by atoms with Gasteiger partial charge in [0.05, 0.1) is 9.79 Å². The third-order valence-electron chi connectivity index (χ3n) is 3.55. The van der Waals surface area contributed by atoms with Crippen LogP contribution >= 0.6 is 0 Å². The van der Waals surface area contributed by atoms with Crippen molar-refractivity contribution in [3.05, 3.63) is 36.4 Å². The molecule has 0 aromatic heterocycles. The highest BCUT2D eigenvalue weighted by molar-refractivity contribution is 7.92. The largest absolute Gasteiger partial charge is 0.492 e. The van der Waals surface area contributed by atoms with Gasteiger partial charge in [-0.3, -0.25) is 0 Å². The van der Waals surface area contributed by atoms with Crippen LogP contribution in [0, 0.1) is 0 Å². The van der Waals surface area contributed by atoms with Gasteiger partial charge in [-0.2, -0.15) is 0 Å². The summed E-state index contributed by atoms with van der Waals surface area (Å²) in [5.74, 6) is 0.982. The van der Waals surface area contributed by atoms with Gasteiger partial charge in [0.25, 0.3) is 0 Å². The molecule has 0 saturated heterocycles. The first kappa shape index (κ1) is 15.8. The summed E-state index contributed by atoms with van der Waals surface area (Å²) in [6.07, 6.45) is 0. The summed E-state index contributed by atoms with van der Waals surface area (Å²) in [5, 5.41) is 0. The average molecular weight is 334 g/mol. The molecule has 7 heteroatoms. The Bertz CT molecular complexity index is 770. The van der Waals surface area contributed by atoms with Crippen molar-refractivity contribution < 1.29 is 17.9 Å². The fraction of sp³-hybridized carbons (Fsp3) is 0.250. The first-order chi connectivity index (χ1) is 11.1. The van der Waals surface area contributed by atoms with Crippen molar-refractivity contribution in [2.24, 2.45) is 11.5 Å². The van der Waals surface area contributed by atoms with Gasteiger partial charge in [0.15, 0.2) is 0 Å². The SMILES string of the molecule is NCCOc1ccc2c(c1)S(=O)(=O)c1cc(OCCN)ccc1-2. The van der Waals surface area contributed by atoms with Crippen LogP contribution in [0.4, 0.5) is 0 Å². The molecule has 0 spiro atoms. The zero-order valence-electron chi connectivity index (χ0n) is 12.5. The van der Waals surface area contributed by atoms with E-state index in [0.717, 1.165) is 0 Å². The molecule has 0 amide bonds. The third-order valence-corrected chi connectivity index (χ3v) is 5.38. The van der Waals surface area contributed by atoms with Crippen LogP contribution in [0.2, 0.25) is 0 Å². The minimum Gasteiger partial charge on any atom is -0.492 e. The molecule has 0 atom stereocenters. The van der Waals surface area contributed by atoms with Crippen molar-refractivity contribution in [3.8, 4) is 22.6 Å². The Morgan fingerprint density at radius 2 is 1.22 bits per heavy atom. The lowest BCUT2D eigenvalue weighted by atomic mass is 10.1. The maximum Gasteiger partial charge on any atom is 0.208 e. The monoisotopic (exact) mass is 334 g/mol. The molecule has 0 saturated carbocycles. The van der Waals surface area contributed by atoms with Gasteiger partial charge >= 0.3 is 0 Å². The van der Waals surface area contributed by atoms with E-state index in [0.29, 0.717) is 48.9 Å². The summed E-state index contributed by atoms with van der Waals surface area (Å²) in [6, 6.07) is 10.1. The Morgan fingerprint density at radius 1 is 0.783 bits per heavy atom. The van der Waals surface area contributed by atoms with Gasteiger partial charge in [-0.1, -0.05) is 0 Å². The maximum atomic E-state index is 12.8. The maximum absolute atomic E-state index is 12.8. The second kappa shape index (κ2) is 6.19. The molecule has 6 nitrogen and oxygen atoms in total. The highest BCUT2D eigenvalue weighted by atomic mass is 32.2. The van der Waals surface area contributed by atoms with Gasteiger partial charge < -0.3 is 20.9 Å². The van der Waals surface area contributed by atoms with E-state index in [-0.39, 0.29) is 9.79 Å². The lowest BCUT2D eigenvalue weighted by Gasteiger charge is -2.06. The number of hydrogen-bond acceptors (Lipinski definition) is 6. The Kier molecular flexibility index (Phi) is 4.25. The van der Waals surface area contributed by atoms with Gasteiger partial charge in [0.2, 0.25) is 9.84 Å². The summed E-state index contributed by atoms with van der Waals surface area (Å²) in [5.41, 5.74) is 12.1. The van der Waals surface area contributed by atoms with Crippen LogP contribution in [-0.2, 0) is 9.84 Å². The lowest BCUT2D eigenvalue weighted by molar-refractivity contribution is 0.327. The van der Waals surface area contributed by atoms with E-state index in [1.165, 1.54) is 0 Å². The summed E-state index contributed by atoms with van der Waals surface area (Å²) >= 11 is 0. The fourth-order valence-corrected chi connectivity index (χ4v) is 4.26. The van der Waals surface area contributed by atoms with Gasteiger partial charge in [-0.25, -0.2) is 8.42 Å². The third kappa shape index (κ3) is 2.78. The predicted molar refractivity (Wildman–Crippen MR) is 86.4 cm³/mol. The summed E-state index contributed by atoms with van der Waals surface area (Å²) < 4.78 is 36.4. The Balaban J connectivity index is 2.03. The van der Waals surface area contributed by atoms with E-state index >= 15 is 0 Å². The van der Waals surface area contributed by atoms with E-state index in [1.807, 2.05) is 0 Å². The molecular formula is C16H18N2O4S. The Labute approximate surface area is 134 Å². The number of nitrogens with two attached hydrogens (primary N) is 2. The molecule has 0 radical (unpaired) electrons. The van der Waals surface area contributed by atoms with Crippen molar-refractivity contribution in [1.82, 2.24) is 0 Å². The topological polar surface area (TPSA) is 105 Å². The zero-order valence-corrected chi connectivity index (χ0v) is 13.3. The lowest BCUT2D eigenvalue weighted by Crippen LogP contribution is -2.11. The summed E-state index contributed by atoms with van der Waals surface area (Å²) in [6.45, 7) is 1.41. The smallest absolute Gasteiger partial charge is 0.208 e. The number of benzene rings is 2. The molecule has 0 aliphatic carbocycles. The number of sulfone groups is 1. The highest BCUT2D eigenvalue weighted by Crippen LogP contribution is 2.45. The summed E-state index contributed by atoms with van der Waals surface area (Å²) in [4.78, 5) is 0.496. The van der Waals surface area contributed by atoms with Crippen LogP contribution in [0.3, 0.4) is 0 Å². The Morgan fingerprint density at radius 3 is 1.61 bits per heavy atom. The first-order valence-corrected chi connectivity index (χ1v) is 8.75. The van der Waals surface area contributed by atoms with E-state index < -0.39 is 9.84 Å². The van der Waals surface area contributed by atoms with E-state index in [2.05, 4.69) is 0 Å². The van der Waals surface area contributed by atoms with Crippen LogP contribution in [0.5, 0.6) is 11.5 Å². The van der Waals surface area contributed by atoms with Crippen molar-refractivity contribution in [3.63, 3.8) is 0 Å². The fourth-order valence-electron chi connectivity index (χ4n) is 2.55. The van der Waals surface area contributed by atoms with E-state index in [4.69, 9.17) is 20.9 Å². The number of fused-ring (bicyclic) bond motifs is 3. The normalized spacial score (nSPS) is 14.2. The first-order valence-electron chi connectivity index (χ1n) is 7.27. The zero-order chi connectivity index (χ0) is 16.4. The molecule has 0 unspecified atom stereocenters. The van der Waals surface area contributed by atoms with Crippen LogP contribution in [0.1, 0.15) is 0 Å². The molecule has 1 heterocycles. The van der Waals surface area contributed by atoms with Gasteiger partial charge in [-0.15, -0.1) is 0 Å². The molecule has 4 N–H and O–H groups in total. The molecule has 2 aromatic rings. The van der Waals surface area contributed by atoms with Crippen molar-refractivity contribution in [2.45, 2.75) is 9.79 Å². The molecule has 2 aromatic carbocycles. The quantitative estimate of drug-likeness (QED) is 0.701. The number of ether oxygens (including phenoxy) is 2. The van der Waals surface area contributed by atoms with Crippen LogP contribution in [-0.4, -0.2) is 34.7 Å². The molecule has 3 rings (SSSR count). The molecular weight excluding hydrogens is 316 g/mol. The molecule has 23 heavy (non-hydrogen) atoms. The second-order valence-electron chi connectivity index (χ2n) is 5.09.